The Hall–Kier alpha value is -1.59. The molecular weight excluding hydrogens is 268 g/mol. The highest BCUT2D eigenvalue weighted by atomic mass is 16.5. The smallest absolute Gasteiger partial charge is 0.317 e. The summed E-state index contributed by atoms with van der Waals surface area (Å²) in [6.45, 7) is 4.16. The molecule has 1 aromatic carbocycles. The monoisotopic (exact) mass is 294 g/mol. The summed E-state index contributed by atoms with van der Waals surface area (Å²) >= 11 is 0. The third-order valence-corrected chi connectivity index (χ3v) is 3.17. The number of ether oxygens (including phenoxy) is 2. The summed E-state index contributed by atoms with van der Waals surface area (Å²) in [5, 5.41) is 3.02. The van der Waals surface area contributed by atoms with E-state index in [9.17, 15) is 4.79 Å². The highest BCUT2D eigenvalue weighted by Crippen LogP contribution is 2.03. The first kappa shape index (κ1) is 17.5. The lowest BCUT2D eigenvalue weighted by molar-refractivity contribution is 0.121. The maximum Gasteiger partial charge on any atom is 0.317 e. The van der Waals surface area contributed by atoms with Gasteiger partial charge >= 0.3 is 6.03 Å². The number of nitrogens with one attached hydrogen (secondary N) is 1. The van der Waals surface area contributed by atoms with Crippen LogP contribution >= 0.6 is 0 Å². The summed E-state index contributed by atoms with van der Waals surface area (Å²) in [6.07, 6.45) is 0.814. The summed E-state index contributed by atoms with van der Waals surface area (Å²) in [6, 6.07) is 10.1. The molecule has 2 amide bonds. The van der Waals surface area contributed by atoms with E-state index in [-0.39, 0.29) is 12.1 Å². The van der Waals surface area contributed by atoms with Gasteiger partial charge in [-0.15, -0.1) is 0 Å². The lowest BCUT2D eigenvalue weighted by atomic mass is 10.1. The zero-order valence-corrected chi connectivity index (χ0v) is 13.2. The largest absolute Gasteiger partial charge is 0.383 e. The van der Waals surface area contributed by atoms with Crippen LogP contribution < -0.4 is 5.32 Å². The molecule has 0 unspecified atom stereocenters. The van der Waals surface area contributed by atoms with E-state index in [1.807, 2.05) is 25.1 Å². The van der Waals surface area contributed by atoms with Gasteiger partial charge in [-0.1, -0.05) is 30.3 Å². The molecule has 1 rings (SSSR count). The molecule has 5 heteroatoms. The van der Waals surface area contributed by atoms with E-state index in [0.717, 1.165) is 6.42 Å². The van der Waals surface area contributed by atoms with Crippen molar-refractivity contribution in [2.45, 2.75) is 19.4 Å². The van der Waals surface area contributed by atoms with E-state index in [4.69, 9.17) is 9.47 Å². The van der Waals surface area contributed by atoms with Gasteiger partial charge in [-0.3, -0.25) is 0 Å². The molecule has 0 saturated carbocycles. The van der Waals surface area contributed by atoms with Gasteiger partial charge in [-0.05, 0) is 18.9 Å². The van der Waals surface area contributed by atoms with Crippen LogP contribution in [0.3, 0.4) is 0 Å². The van der Waals surface area contributed by atoms with Crippen LogP contribution in [0.4, 0.5) is 4.79 Å². The van der Waals surface area contributed by atoms with E-state index in [1.54, 1.807) is 19.1 Å². The molecule has 0 aromatic heterocycles. The van der Waals surface area contributed by atoms with Crippen molar-refractivity contribution >= 4 is 6.03 Å². The molecule has 1 aromatic rings. The minimum Gasteiger partial charge on any atom is -0.383 e. The lowest BCUT2D eigenvalue weighted by Gasteiger charge is -2.25. The molecule has 0 bridgehead atoms. The Morgan fingerprint density at radius 3 is 2.24 bits per heavy atom. The average molecular weight is 294 g/mol. The number of hydrogen-bond donors (Lipinski definition) is 1. The van der Waals surface area contributed by atoms with Gasteiger partial charge in [-0.25, -0.2) is 4.79 Å². The molecule has 0 aliphatic heterocycles. The quantitative estimate of drug-likeness (QED) is 0.757. The summed E-state index contributed by atoms with van der Waals surface area (Å²) in [5.74, 6) is 0. The van der Waals surface area contributed by atoms with Crippen molar-refractivity contribution in [1.82, 2.24) is 10.2 Å². The van der Waals surface area contributed by atoms with Crippen LogP contribution in [-0.2, 0) is 15.9 Å². The number of nitrogens with zero attached hydrogens (tertiary/aromatic N) is 1. The van der Waals surface area contributed by atoms with E-state index >= 15 is 0 Å². The third kappa shape index (κ3) is 7.11. The number of rotatable bonds is 9. The van der Waals surface area contributed by atoms with Crippen molar-refractivity contribution in [1.29, 1.82) is 0 Å². The van der Waals surface area contributed by atoms with Crippen molar-refractivity contribution in [2.75, 3.05) is 40.5 Å². The zero-order chi connectivity index (χ0) is 15.5. The summed E-state index contributed by atoms with van der Waals surface area (Å²) in [5.41, 5.74) is 1.21. The molecule has 0 fully saturated rings. The number of hydrogen-bond acceptors (Lipinski definition) is 3. The predicted octanol–water partition coefficient (Wildman–Crippen LogP) is 1.92. The van der Waals surface area contributed by atoms with Crippen LogP contribution in [0.15, 0.2) is 30.3 Å². The Morgan fingerprint density at radius 1 is 1.14 bits per heavy atom. The Morgan fingerprint density at radius 2 is 1.71 bits per heavy atom. The highest BCUT2D eigenvalue weighted by molar-refractivity contribution is 5.74. The summed E-state index contributed by atoms with van der Waals surface area (Å²) in [4.78, 5) is 14.0. The number of carbonyl (C=O) groups is 1. The average Bonchev–Trinajstić information content (AvgIpc) is 2.48. The van der Waals surface area contributed by atoms with Crippen molar-refractivity contribution < 1.29 is 14.3 Å². The first-order chi connectivity index (χ1) is 10.2. The SMILES string of the molecule is COCCN(CCOC)C(=O)N[C@@H](C)Cc1ccccc1. The highest BCUT2D eigenvalue weighted by Gasteiger charge is 2.15. The second-order valence-corrected chi connectivity index (χ2v) is 5.01. The summed E-state index contributed by atoms with van der Waals surface area (Å²) in [7, 11) is 3.26. The van der Waals surface area contributed by atoms with E-state index in [1.165, 1.54) is 5.56 Å². The van der Waals surface area contributed by atoms with E-state index < -0.39 is 0 Å². The topological polar surface area (TPSA) is 50.8 Å². The number of methoxy groups -OCH3 is 2. The molecule has 0 aliphatic rings. The molecular formula is C16H26N2O3. The standard InChI is InChI=1S/C16H26N2O3/c1-14(13-15-7-5-4-6-8-15)17-16(19)18(9-11-20-2)10-12-21-3/h4-8,14H,9-13H2,1-3H3,(H,17,19)/t14-/m0/s1. The van der Waals surface area contributed by atoms with Gasteiger partial charge in [0.2, 0.25) is 0 Å². The number of amides is 2. The molecule has 21 heavy (non-hydrogen) atoms. The maximum atomic E-state index is 12.3. The van der Waals surface area contributed by atoms with Gasteiger partial charge in [0.05, 0.1) is 13.2 Å². The first-order valence-electron chi connectivity index (χ1n) is 7.24. The van der Waals surface area contributed by atoms with Gasteiger partial charge in [0.25, 0.3) is 0 Å². The molecule has 0 spiro atoms. The normalized spacial score (nSPS) is 12.0. The van der Waals surface area contributed by atoms with Crippen LogP contribution in [0.2, 0.25) is 0 Å². The fourth-order valence-electron chi connectivity index (χ4n) is 2.04. The van der Waals surface area contributed by atoms with Crippen molar-refractivity contribution in [3.05, 3.63) is 35.9 Å². The molecule has 0 radical (unpaired) electrons. The Kier molecular flexibility index (Phi) is 8.47. The maximum absolute atomic E-state index is 12.3. The van der Waals surface area contributed by atoms with Crippen LogP contribution in [0, 0.1) is 0 Å². The molecule has 5 nitrogen and oxygen atoms in total. The van der Waals surface area contributed by atoms with Gasteiger partial charge in [0.1, 0.15) is 0 Å². The van der Waals surface area contributed by atoms with Crippen LogP contribution in [0.5, 0.6) is 0 Å². The molecule has 118 valence electrons. The Labute approximate surface area is 127 Å². The number of carbonyl (C=O) groups excluding carboxylic acids is 1. The molecule has 1 atom stereocenters. The second kappa shape index (κ2) is 10.2. The minimum atomic E-state index is -0.0764. The third-order valence-electron chi connectivity index (χ3n) is 3.17. The number of benzene rings is 1. The molecule has 1 N–H and O–H groups in total. The first-order valence-corrected chi connectivity index (χ1v) is 7.24. The second-order valence-electron chi connectivity index (χ2n) is 5.01. The molecule has 0 aliphatic carbocycles. The van der Waals surface area contributed by atoms with Gasteiger partial charge in [0, 0.05) is 33.4 Å². The Bertz CT molecular complexity index is 390. The number of urea groups is 1. The van der Waals surface area contributed by atoms with Crippen molar-refractivity contribution in [3.8, 4) is 0 Å². The lowest BCUT2D eigenvalue weighted by Crippen LogP contribution is -2.46. The van der Waals surface area contributed by atoms with Crippen LogP contribution in [0.1, 0.15) is 12.5 Å². The van der Waals surface area contributed by atoms with Crippen LogP contribution in [0.25, 0.3) is 0 Å². The van der Waals surface area contributed by atoms with Crippen LogP contribution in [-0.4, -0.2) is 57.5 Å². The molecule has 0 heterocycles. The van der Waals surface area contributed by atoms with Gasteiger partial charge in [-0.2, -0.15) is 0 Å². The van der Waals surface area contributed by atoms with E-state index in [0.29, 0.717) is 26.3 Å². The Balaban J connectivity index is 2.46. The minimum absolute atomic E-state index is 0.0764. The molecule has 0 saturated heterocycles. The van der Waals surface area contributed by atoms with Gasteiger partial charge in [0.15, 0.2) is 0 Å². The fraction of sp³-hybridized carbons (Fsp3) is 0.562. The van der Waals surface area contributed by atoms with Gasteiger partial charge < -0.3 is 19.7 Å². The summed E-state index contributed by atoms with van der Waals surface area (Å²) < 4.78 is 10.1. The van der Waals surface area contributed by atoms with Crippen molar-refractivity contribution in [2.24, 2.45) is 0 Å². The predicted molar refractivity (Wildman–Crippen MR) is 83.5 cm³/mol. The van der Waals surface area contributed by atoms with E-state index in [2.05, 4.69) is 17.4 Å². The fourth-order valence-corrected chi connectivity index (χ4v) is 2.04. The zero-order valence-electron chi connectivity index (χ0n) is 13.2. The van der Waals surface area contributed by atoms with Crippen molar-refractivity contribution in [3.63, 3.8) is 0 Å².